The van der Waals surface area contributed by atoms with Crippen LogP contribution < -0.4 is 0 Å². The molecule has 0 N–H and O–H groups in total. The van der Waals surface area contributed by atoms with Crippen molar-refractivity contribution >= 4 is 0 Å². The van der Waals surface area contributed by atoms with Crippen LogP contribution in [0.25, 0.3) is 0 Å². The van der Waals surface area contributed by atoms with Crippen LogP contribution in [0.1, 0.15) is 44.5 Å². The lowest BCUT2D eigenvalue weighted by Gasteiger charge is -2.04. The second kappa shape index (κ2) is 7.94. The van der Waals surface area contributed by atoms with Gasteiger partial charge in [0, 0.05) is 22.3 Å². The molecule has 0 atom stereocenters. The molecule has 0 nitrogen and oxygen atoms in total. The quantitative estimate of drug-likeness (QED) is 0.445. The molecule has 0 aliphatic carbocycles. The summed E-state index contributed by atoms with van der Waals surface area (Å²) in [7, 11) is 0. The molecule has 1 heteroatoms. The lowest BCUT2D eigenvalue weighted by Crippen LogP contribution is -1.88. The molecule has 0 spiro atoms. The summed E-state index contributed by atoms with van der Waals surface area (Å²) in [5, 5.41) is 0. The van der Waals surface area contributed by atoms with Gasteiger partial charge in [-0.1, -0.05) is 29.7 Å². The minimum atomic E-state index is -0.228. The van der Waals surface area contributed by atoms with Gasteiger partial charge in [-0.2, -0.15) is 0 Å². The molecule has 3 aromatic rings. The van der Waals surface area contributed by atoms with Crippen LogP contribution in [0.2, 0.25) is 0 Å². The van der Waals surface area contributed by atoms with E-state index in [0.717, 1.165) is 16.7 Å². The van der Waals surface area contributed by atoms with E-state index in [0.29, 0.717) is 11.1 Å². The predicted octanol–water partition coefficient (Wildman–Crippen LogP) is 5.86. The van der Waals surface area contributed by atoms with Gasteiger partial charge in [0.2, 0.25) is 0 Å². The number of hydrogen-bond donors (Lipinski definition) is 0. The summed E-state index contributed by atoms with van der Waals surface area (Å²) >= 11 is 0. The van der Waals surface area contributed by atoms with Gasteiger partial charge in [0.15, 0.2) is 0 Å². The van der Waals surface area contributed by atoms with Crippen LogP contribution >= 0.6 is 0 Å². The zero-order chi connectivity index (χ0) is 19.4. The highest BCUT2D eigenvalue weighted by Crippen LogP contribution is 2.15. The Morgan fingerprint density at radius 3 is 1.48 bits per heavy atom. The van der Waals surface area contributed by atoms with Crippen molar-refractivity contribution in [3.8, 4) is 23.7 Å². The Bertz CT molecular complexity index is 1090. The molecule has 0 saturated heterocycles. The number of hydrogen-bond acceptors (Lipinski definition) is 0. The van der Waals surface area contributed by atoms with Crippen molar-refractivity contribution < 1.29 is 4.39 Å². The van der Waals surface area contributed by atoms with E-state index in [1.54, 1.807) is 13.0 Å². The largest absolute Gasteiger partial charge is 0.207 e. The van der Waals surface area contributed by atoms with Gasteiger partial charge in [-0.25, -0.2) is 4.39 Å². The van der Waals surface area contributed by atoms with E-state index in [-0.39, 0.29) is 5.82 Å². The average Bonchev–Trinajstić information content (AvgIpc) is 2.66. The molecule has 0 amide bonds. The molecule has 0 radical (unpaired) electrons. The topological polar surface area (TPSA) is 0 Å². The van der Waals surface area contributed by atoms with Gasteiger partial charge in [-0.3, -0.25) is 0 Å². The maximum atomic E-state index is 13.6. The van der Waals surface area contributed by atoms with Crippen molar-refractivity contribution in [2.75, 3.05) is 0 Å². The van der Waals surface area contributed by atoms with E-state index in [4.69, 9.17) is 0 Å². The summed E-state index contributed by atoms with van der Waals surface area (Å²) in [5.74, 6) is 12.3. The zero-order valence-corrected chi connectivity index (χ0v) is 16.1. The summed E-state index contributed by atoms with van der Waals surface area (Å²) in [6, 6.07) is 17.1. The zero-order valence-electron chi connectivity index (χ0n) is 16.1. The van der Waals surface area contributed by atoms with E-state index in [1.807, 2.05) is 30.3 Å². The molecular formula is C26H21F. The van der Waals surface area contributed by atoms with Gasteiger partial charge in [0.05, 0.1) is 0 Å². The van der Waals surface area contributed by atoms with Gasteiger partial charge in [-0.15, -0.1) is 0 Å². The Labute approximate surface area is 161 Å². The molecule has 0 aromatic heterocycles. The third-order valence-corrected chi connectivity index (χ3v) is 4.69. The van der Waals surface area contributed by atoms with Crippen molar-refractivity contribution in [3.63, 3.8) is 0 Å². The normalized spacial score (nSPS) is 9.81. The molecular weight excluding hydrogens is 331 g/mol. The molecule has 0 aliphatic heterocycles. The van der Waals surface area contributed by atoms with Crippen LogP contribution in [0, 0.1) is 57.2 Å². The monoisotopic (exact) mass is 352 g/mol. The van der Waals surface area contributed by atoms with Crippen LogP contribution in [-0.2, 0) is 0 Å². The Kier molecular flexibility index (Phi) is 5.44. The van der Waals surface area contributed by atoms with Crippen LogP contribution in [-0.4, -0.2) is 0 Å². The summed E-state index contributed by atoms with van der Waals surface area (Å²) in [6.45, 7) is 8.10. The van der Waals surface area contributed by atoms with Crippen LogP contribution in [0.4, 0.5) is 4.39 Å². The smallest absolute Gasteiger partial charge is 0.127 e. The van der Waals surface area contributed by atoms with Crippen LogP contribution in [0.3, 0.4) is 0 Å². The molecule has 27 heavy (non-hydrogen) atoms. The Morgan fingerprint density at radius 2 is 0.963 bits per heavy atom. The van der Waals surface area contributed by atoms with Crippen molar-refractivity contribution in [2.24, 2.45) is 0 Å². The fraction of sp³-hybridized carbons (Fsp3) is 0.154. The molecule has 0 heterocycles. The highest BCUT2D eigenvalue weighted by Gasteiger charge is 1.99. The van der Waals surface area contributed by atoms with E-state index in [1.165, 1.54) is 22.8 Å². The summed E-state index contributed by atoms with van der Waals surface area (Å²) in [6.07, 6.45) is 0. The Hall–Kier alpha value is -3.29. The van der Waals surface area contributed by atoms with Gasteiger partial charge >= 0.3 is 0 Å². The molecule has 3 rings (SSSR count). The predicted molar refractivity (Wildman–Crippen MR) is 110 cm³/mol. The van der Waals surface area contributed by atoms with Crippen molar-refractivity contribution in [1.82, 2.24) is 0 Å². The summed E-state index contributed by atoms with van der Waals surface area (Å²) in [5.41, 5.74) is 7.99. The number of rotatable bonds is 0. The summed E-state index contributed by atoms with van der Waals surface area (Å²) < 4.78 is 13.6. The third kappa shape index (κ3) is 4.66. The standard InChI is InChI=1S/C26H21F/c1-18-5-6-24(17-26(18)27)13-11-22-7-9-23(10-8-22)12-14-25-15-19(2)21(4)20(3)16-25/h5-10,15-17H,1-4H3. The second-order valence-electron chi connectivity index (χ2n) is 6.78. The first-order chi connectivity index (χ1) is 12.9. The van der Waals surface area contributed by atoms with Crippen LogP contribution in [0.15, 0.2) is 54.6 Å². The van der Waals surface area contributed by atoms with E-state index in [2.05, 4.69) is 56.6 Å². The first-order valence-electron chi connectivity index (χ1n) is 8.90. The SMILES string of the molecule is Cc1ccc(C#Cc2ccc(C#Cc3cc(C)c(C)c(C)c3)cc2)cc1F. The molecule has 0 saturated carbocycles. The highest BCUT2D eigenvalue weighted by molar-refractivity contribution is 5.50. The third-order valence-electron chi connectivity index (χ3n) is 4.69. The van der Waals surface area contributed by atoms with Crippen molar-refractivity contribution in [3.05, 3.63) is 105 Å². The van der Waals surface area contributed by atoms with Gasteiger partial charge < -0.3 is 0 Å². The van der Waals surface area contributed by atoms with E-state index in [9.17, 15) is 4.39 Å². The van der Waals surface area contributed by atoms with Crippen molar-refractivity contribution in [2.45, 2.75) is 27.7 Å². The lowest BCUT2D eigenvalue weighted by molar-refractivity contribution is 0.618. The molecule has 0 unspecified atom stereocenters. The van der Waals surface area contributed by atoms with E-state index >= 15 is 0 Å². The number of benzene rings is 3. The molecule has 0 bridgehead atoms. The maximum absolute atomic E-state index is 13.6. The highest BCUT2D eigenvalue weighted by atomic mass is 19.1. The second-order valence-corrected chi connectivity index (χ2v) is 6.78. The maximum Gasteiger partial charge on any atom is 0.127 e. The molecule has 3 aromatic carbocycles. The fourth-order valence-electron chi connectivity index (χ4n) is 2.70. The molecule has 0 fully saturated rings. The average molecular weight is 352 g/mol. The first-order valence-corrected chi connectivity index (χ1v) is 8.90. The van der Waals surface area contributed by atoms with Gasteiger partial charge in [0.25, 0.3) is 0 Å². The lowest BCUT2D eigenvalue weighted by atomic mass is 10.0. The van der Waals surface area contributed by atoms with Gasteiger partial charge in [0.1, 0.15) is 5.82 Å². The minimum absolute atomic E-state index is 0.228. The summed E-state index contributed by atoms with van der Waals surface area (Å²) in [4.78, 5) is 0. The Balaban J connectivity index is 1.77. The number of aryl methyl sites for hydroxylation is 3. The van der Waals surface area contributed by atoms with Gasteiger partial charge in [-0.05, 0) is 98.5 Å². The minimum Gasteiger partial charge on any atom is -0.207 e. The van der Waals surface area contributed by atoms with E-state index < -0.39 is 0 Å². The molecule has 132 valence electrons. The fourth-order valence-corrected chi connectivity index (χ4v) is 2.70. The van der Waals surface area contributed by atoms with Crippen molar-refractivity contribution in [1.29, 1.82) is 0 Å². The Morgan fingerprint density at radius 1 is 0.519 bits per heavy atom. The van der Waals surface area contributed by atoms with Crippen LogP contribution in [0.5, 0.6) is 0 Å². The number of halogens is 1. The molecule has 0 aliphatic rings. The first kappa shape index (κ1) is 18.5.